The molecular weight excluding hydrogens is 997 g/mol. The number of hydrogen-bond acceptors (Lipinski definition) is 6. The van der Waals surface area contributed by atoms with Crippen LogP contribution in [0.15, 0.2) is 60.8 Å². The zero-order valence-electron chi connectivity index (χ0n) is 54.3. The molecular formula is C75H136O6. The van der Waals surface area contributed by atoms with Crippen molar-refractivity contribution in [3.8, 4) is 0 Å². The molecule has 0 aliphatic carbocycles. The van der Waals surface area contributed by atoms with E-state index in [9.17, 15) is 14.4 Å². The first-order chi connectivity index (χ1) is 40.0. The van der Waals surface area contributed by atoms with Gasteiger partial charge in [0, 0.05) is 19.3 Å². The van der Waals surface area contributed by atoms with E-state index in [0.717, 1.165) is 83.5 Å². The summed E-state index contributed by atoms with van der Waals surface area (Å²) < 4.78 is 17.0. The van der Waals surface area contributed by atoms with Crippen molar-refractivity contribution < 1.29 is 28.6 Å². The van der Waals surface area contributed by atoms with E-state index in [4.69, 9.17) is 14.2 Å². The third-order valence-corrected chi connectivity index (χ3v) is 16.0. The van der Waals surface area contributed by atoms with Gasteiger partial charge in [-0.15, -0.1) is 0 Å². The second-order valence-corrected chi connectivity index (χ2v) is 24.1. The van der Waals surface area contributed by atoms with Gasteiger partial charge in [0.25, 0.3) is 0 Å². The van der Waals surface area contributed by atoms with Crippen LogP contribution in [-0.2, 0) is 28.6 Å². The molecule has 0 aromatic carbocycles. The first-order valence-electron chi connectivity index (χ1n) is 35.8. The quantitative estimate of drug-likeness (QED) is 0.0261. The average Bonchev–Trinajstić information content (AvgIpc) is 3.46. The molecule has 1 unspecified atom stereocenters. The minimum absolute atomic E-state index is 0.0762. The lowest BCUT2D eigenvalue weighted by Gasteiger charge is -2.18. The molecule has 0 amide bonds. The summed E-state index contributed by atoms with van der Waals surface area (Å²) in [4.78, 5) is 38.4. The summed E-state index contributed by atoms with van der Waals surface area (Å²) in [5.41, 5.74) is 0. The van der Waals surface area contributed by atoms with Gasteiger partial charge < -0.3 is 14.2 Å². The predicted octanol–water partition coefficient (Wildman–Crippen LogP) is 24.7. The summed E-state index contributed by atoms with van der Waals surface area (Å²) in [5.74, 6) is -0.872. The Morgan fingerprint density at radius 2 is 0.444 bits per heavy atom. The van der Waals surface area contributed by atoms with Crippen LogP contribution < -0.4 is 0 Å². The van der Waals surface area contributed by atoms with E-state index in [0.29, 0.717) is 19.3 Å². The zero-order chi connectivity index (χ0) is 58.5. The highest BCUT2D eigenvalue weighted by molar-refractivity contribution is 5.71. The fourth-order valence-electron chi connectivity index (χ4n) is 10.6. The minimum Gasteiger partial charge on any atom is -0.462 e. The third-order valence-electron chi connectivity index (χ3n) is 16.0. The number of ether oxygens (including phenoxy) is 3. The topological polar surface area (TPSA) is 78.9 Å². The molecule has 6 nitrogen and oxygen atoms in total. The van der Waals surface area contributed by atoms with Gasteiger partial charge in [-0.3, -0.25) is 14.4 Å². The molecule has 0 fully saturated rings. The molecule has 0 aromatic rings. The van der Waals surface area contributed by atoms with Crippen molar-refractivity contribution in [2.24, 2.45) is 0 Å². The number of hydrogen-bond donors (Lipinski definition) is 0. The van der Waals surface area contributed by atoms with E-state index < -0.39 is 6.10 Å². The Bertz CT molecular complexity index is 1440. The fraction of sp³-hybridized carbons (Fsp3) is 0.827. The summed E-state index contributed by atoms with van der Waals surface area (Å²) in [5, 5.41) is 0. The number of carbonyl (C=O) groups excluding carboxylic acids is 3. The lowest BCUT2D eigenvalue weighted by atomic mass is 10.0. The van der Waals surface area contributed by atoms with Crippen LogP contribution in [-0.4, -0.2) is 37.2 Å². The smallest absolute Gasteiger partial charge is 0.306 e. The Balaban J connectivity index is 4.13. The van der Waals surface area contributed by atoms with Crippen LogP contribution >= 0.6 is 0 Å². The summed E-state index contributed by atoms with van der Waals surface area (Å²) in [6.07, 6.45) is 89.8. The number of rotatable bonds is 66. The fourth-order valence-corrected chi connectivity index (χ4v) is 10.6. The molecule has 81 heavy (non-hydrogen) atoms. The Hall–Kier alpha value is -2.89. The van der Waals surface area contributed by atoms with Gasteiger partial charge in [0.15, 0.2) is 6.10 Å². The van der Waals surface area contributed by atoms with E-state index in [1.807, 2.05) is 0 Å². The largest absolute Gasteiger partial charge is 0.462 e. The van der Waals surface area contributed by atoms with Gasteiger partial charge >= 0.3 is 17.9 Å². The summed E-state index contributed by atoms with van der Waals surface area (Å²) >= 11 is 0. The number of esters is 3. The highest BCUT2D eigenvalue weighted by Crippen LogP contribution is 2.18. The molecule has 0 aromatic heterocycles. The predicted molar refractivity (Wildman–Crippen MR) is 353 cm³/mol. The Labute approximate surface area is 504 Å². The molecule has 6 heteroatoms. The van der Waals surface area contributed by atoms with Crippen molar-refractivity contribution in [2.75, 3.05) is 13.2 Å². The van der Waals surface area contributed by atoms with Crippen LogP contribution in [0.4, 0.5) is 0 Å². The zero-order valence-corrected chi connectivity index (χ0v) is 54.3. The standard InChI is InChI=1S/C75H136O6/c1-4-7-10-13-16-19-22-25-27-29-30-31-32-33-34-35-36-37-38-39-40-41-42-43-44-46-47-50-53-56-59-62-65-68-74(77)80-71-72(70-79-73(76)67-64-61-58-55-52-49-24-21-18-15-12-9-6-3)81-75(78)69-66-63-60-57-54-51-48-45-28-26-23-20-17-14-11-8-5-2/h17,20-22,24-26,28-30,72H,4-16,18-19,23,27,31-71H2,1-3H3/b20-17-,24-21-,25-22-,28-26-,30-29-. The highest BCUT2D eigenvalue weighted by atomic mass is 16.6. The maximum atomic E-state index is 12.9. The molecule has 0 N–H and O–H groups in total. The van der Waals surface area contributed by atoms with Gasteiger partial charge in [0.1, 0.15) is 13.2 Å². The van der Waals surface area contributed by atoms with Crippen LogP contribution in [0.3, 0.4) is 0 Å². The molecule has 1 atom stereocenters. The normalized spacial score (nSPS) is 12.4. The maximum absolute atomic E-state index is 12.9. The molecule has 0 spiro atoms. The Kier molecular flexibility index (Phi) is 67.1. The van der Waals surface area contributed by atoms with Crippen LogP contribution in [0.1, 0.15) is 380 Å². The Morgan fingerprint density at radius 3 is 0.728 bits per heavy atom. The second kappa shape index (κ2) is 69.6. The first-order valence-corrected chi connectivity index (χ1v) is 35.8. The van der Waals surface area contributed by atoms with Crippen molar-refractivity contribution in [2.45, 2.75) is 386 Å². The molecule has 0 bridgehead atoms. The lowest BCUT2D eigenvalue weighted by molar-refractivity contribution is -0.167. The van der Waals surface area contributed by atoms with Crippen LogP contribution in [0.5, 0.6) is 0 Å². The molecule has 0 saturated heterocycles. The SMILES string of the molecule is CCCCC/C=C\C/C=C\CCCCCCCCCC(=O)OC(COC(=O)CCCCCCC/C=C\CCCCCC)COC(=O)CCCCCCCCCCCCCCCCCCCCCCC/C=C\C/C=C\CCCCCCC. The van der Waals surface area contributed by atoms with Crippen LogP contribution in [0.2, 0.25) is 0 Å². The van der Waals surface area contributed by atoms with Crippen LogP contribution in [0.25, 0.3) is 0 Å². The van der Waals surface area contributed by atoms with Gasteiger partial charge in [-0.1, -0.05) is 313 Å². The van der Waals surface area contributed by atoms with Gasteiger partial charge in [-0.05, 0) is 109 Å². The van der Waals surface area contributed by atoms with Crippen LogP contribution in [0, 0.1) is 0 Å². The Morgan fingerprint density at radius 1 is 0.247 bits per heavy atom. The van der Waals surface area contributed by atoms with E-state index in [2.05, 4.69) is 81.5 Å². The van der Waals surface area contributed by atoms with Gasteiger partial charge in [0.2, 0.25) is 0 Å². The first kappa shape index (κ1) is 78.1. The lowest BCUT2D eigenvalue weighted by Crippen LogP contribution is -2.30. The molecule has 0 saturated carbocycles. The third kappa shape index (κ3) is 67.8. The maximum Gasteiger partial charge on any atom is 0.306 e. The van der Waals surface area contributed by atoms with E-state index in [1.54, 1.807) is 0 Å². The number of unbranched alkanes of at least 4 members (excludes halogenated alkanes) is 45. The van der Waals surface area contributed by atoms with E-state index >= 15 is 0 Å². The van der Waals surface area contributed by atoms with Gasteiger partial charge in [-0.2, -0.15) is 0 Å². The van der Waals surface area contributed by atoms with Crippen molar-refractivity contribution in [1.82, 2.24) is 0 Å². The molecule has 0 aliphatic heterocycles. The van der Waals surface area contributed by atoms with Gasteiger partial charge in [-0.25, -0.2) is 0 Å². The van der Waals surface area contributed by atoms with E-state index in [-0.39, 0.29) is 31.1 Å². The second-order valence-electron chi connectivity index (χ2n) is 24.1. The monoisotopic (exact) mass is 1130 g/mol. The molecule has 472 valence electrons. The van der Waals surface area contributed by atoms with Crippen molar-refractivity contribution in [1.29, 1.82) is 0 Å². The van der Waals surface area contributed by atoms with Gasteiger partial charge in [0.05, 0.1) is 0 Å². The summed E-state index contributed by atoms with van der Waals surface area (Å²) in [6, 6.07) is 0. The van der Waals surface area contributed by atoms with Crippen molar-refractivity contribution >= 4 is 17.9 Å². The summed E-state index contributed by atoms with van der Waals surface area (Å²) in [7, 11) is 0. The minimum atomic E-state index is -0.781. The molecule has 0 radical (unpaired) electrons. The number of carbonyl (C=O) groups is 3. The van der Waals surface area contributed by atoms with E-state index in [1.165, 1.54) is 257 Å². The molecule has 0 aliphatic rings. The average molecular weight is 1130 g/mol. The summed E-state index contributed by atoms with van der Waals surface area (Å²) in [6.45, 7) is 6.63. The number of allylic oxidation sites excluding steroid dienone is 10. The highest BCUT2D eigenvalue weighted by Gasteiger charge is 2.19. The van der Waals surface area contributed by atoms with Crippen molar-refractivity contribution in [3.63, 3.8) is 0 Å². The molecule has 0 heterocycles. The van der Waals surface area contributed by atoms with Crippen molar-refractivity contribution in [3.05, 3.63) is 60.8 Å². The molecule has 0 rings (SSSR count).